The molecule has 0 aromatic heterocycles. The molecule has 0 rings (SSSR count). The van der Waals surface area contributed by atoms with Crippen molar-refractivity contribution in [3.8, 4) is 0 Å². The number of hydrogen-bond acceptors (Lipinski definition) is 10. The van der Waals surface area contributed by atoms with Crippen molar-refractivity contribution in [3.05, 3.63) is 0 Å². The molecule has 0 bridgehead atoms. The van der Waals surface area contributed by atoms with Crippen molar-refractivity contribution in [2.45, 2.75) is 25.7 Å². The van der Waals surface area contributed by atoms with Crippen molar-refractivity contribution in [1.29, 1.82) is 0 Å². The molecule has 0 heterocycles. The van der Waals surface area contributed by atoms with Gasteiger partial charge < -0.3 is 39.1 Å². The zero-order valence-corrected chi connectivity index (χ0v) is 15.4. The number of hydrogen-bond donors (Lipinski definition) is 2. The van der Waals surface area contributed by atoms with E-state index in [2.05, 4.69) is 0 Å². The number of carbonyl (C=O) groups is 4. The van der Waals surface area contributed by atoms with Crippen molar-refractivity contribution in [3.63, 3.8) is 0 Å². The molecule has 0 aliphatic rings. The Hall–Kier alpha value is -0.145. The number of aliphatic hydroxyl groups is 2. The normalized spacial score (nSPS) is 11.4. The molecule has 0 aliphatic heterocycles. The first-order valence-corrected chi connectivity index (χ1v) is 9.12. The first kappa shape index (κ1) is 31.6. The Bertz CT molecular complexity index is 427. The van der Waals surface area contributed by atoms with E-state index < -0.39 is 64.1 Å². The van der Waals surface area contributed by atoms with Crippen LogP contribution in [0, 0.1) is 0 Å². The summed E-state index contributed by atoms with van der Waals surface area (Å²) < 4.78 is 21.0. The average Bonchev–Trinajstić information content (AvgIpc) is 2.48. The zero-order valence-electron chi connectivity index (χ0n) is 13.4. The molecule has 2 unspecified atom stereocenters. The molecule has 0 aromatic carbocycles. The van der Waals surface area contributed by atoms with Gasteiger partial charge in [0.15, 0.2) is 26.7 Å². The van der Waals surface area contributed by atoms with Crippen molar-refractivity contribution in [2.24, 2.45) is 0 Å². The second kappa shape index (κ2) is 19.2. The summed E-state index contributed by atoms with van der Waals surface area (Å²) in [5.74, 6) is -2.71. The summed E-state index contributed by atoms with van der Waals surface area (Å²) in [5.41, 5.74) is -1.39. The molecule has 0 fully saturated rings. The smallest absolute Gasteiger partial charge is 0.550 e. The van der Waals surface area contributed by atoms with E-state index >= 15 is 0 Å². The third kappa shape index (κ3) is 19.9. The van der Waals surface area contributed by atoms with Crippen LogP contribution in [-0.2, 0) is 28.3 Å². The summed E-state index contributed by atoms with van der Waals surface area (Å²) in [6.07, 6.45) is -2.88. The molecule has 0 amide bonds. The summed E-state index contributed by atoms with van der Waals surface area (Å²) in [5, 5.41) is 36.0. The SMILES string of the molecule is O=C([O-])CCC(=O)[PH](=O)CO.O=C([O-])CCC(=O)[PH](=O)CO.[Li+].[Li+]. The quantitative estimate of drug-likeness (QED) is 0.275. The topological polar surface area (TPSA) is 189 Å². The van der Waals surface area contributed by atoms with E-state index in [0.29, 0.717) is 0 Å². The number of aliphatic hydroxyl groups excluding tert-OH is 2. The molecule has 128 valence electrons. The van der Waals surface area contributed by atoms with E-state index in [1.54, 1.807) is 0 Å². The summed E-state index contributed by atoms with van der Waals surface area (Å²) in [6, 6.07) is 0. The molecule has 2 N–H and O–H groups in total. The summed E-state index contributed by atoms with van der Waals surface area (Å²) in [4.78, 5) is 40.7. The fourth-order valence-electron chi connectivity index (χ4n) is 0.886. The average molecular weight is 372 g/mol. The van der Waals surface area contributed by atoms with Crippen LogP contribution in [0.25, 0.3) is 0 Å². The van der Waals surface area contributed by atoms with Crippen molar-refractivity contribution in [2.75, 3.05) is 12.7 Å². The van der Waals surface area contributed by atoms with Gasteiger partial charge in [-0.25, -0.2) is 0 Å². The fourth-order valence-corrected chi connectivity index (χ4v) is 2.05. The molecule has 0 spiro atoms. The summed E-state index contributed by atoms with van der Waals surface area (Å²) >= 11 is 0. The Morgan fingerprint density at radius 1 is 0.667 bits per heavy atom. The van der Waals surface area contributed by atoms with Crippen LogP contribution in [0.2, 0.25) is 0 Å². The van der Waals surface area contributed by atoms with Gasteiger partial charge in [-0.2, -0.15) is 0 Å². The molecule has 0 saturated heterocycles. The van der Waals surface area contributed by atoms with Gasteiger partial charge in [-0.3, -0.25) is 9.59 Å². The molecule has 10 nitrogen and oxygen atoms in total. The van der Waals surface area contributed by atoms with Crippen LogP contribution in [0.5, 0.6) is 0 Å². The van der Waals surface area contributed by atoms with E-state index in [9.17, 15) is 38.5 Å². The van der Waals surface area contributed by atoms with Gasteiger partial charge in [0.05, 0.1) is 0 Å². The summed E-state index contributed by atoms with van der Waals surface area (Å²) in [7, 11) is -5.25. The van der Waals surface area contributed by atoms with Gasteiger partial charge >= 0.3 is 37.7 Å². The number of carboxylic acids is 2. The van der Waals surface area contributed by atoms with Gasteiger partial charge in [0.25, 0.3) is 0 Å². The van der Waals surface area contributed by atoms with Crippen LogP contribution >= 0.6 is 15.6 Å². The van der Waals surface area contributed by atoms with Gasteiger partial charge in [-0.05, 0) is 12.8 Å². The largest absolute Gasteiger partial charge is 1.00 e. The minimum Gasteiger partial charge on any atom is -0.550 e. The number of carboxylic acid groups (broad SMARTS) is 2. The Kier molecular flexibility index (Phi) is 25.3. The van der Waals surface area contributed by atoms with Gasteiger partial charge in [-0.15, -0.1) is 0 Å². The van der Waals surface area contributed by atoms with Crippen LogP contribution < -0.4 is 47.9 Å². The van der Waals surface area contributed by atoms with E-state index in [0.717, 1.165) is 0 Å². The predicted molar refractivity (Wildman–Crippen MR) is 70.7 cm³/mol. The molecule has 0 radical (unpaired) electrons. The maximum Gasteiger partial charge on any atom is 1.00 e. The molecular formula is C10H16Li2O10P2. The molecule has 0 aromatic rings. The Labute approximate surface area is 163 Å². The maximum absolute atomic E-state index is 10.6. The first-order valence-electron chi connectivity index (χ1n) is 5.89. The second-order valence-electron chi connectivity index (χ2n) is 3.75. The van der Waals surface area contributed by atoms with Crippen LogP contribution in [0.15, 0.2) is 0 Å². The second-order valence-corrected chi connectivity index (χ2v) is 7.19. The molecule has 14 heteroatoms. The van der Waals surface area contributed by atoms with E-state index in [1.807, 2.05) is 0 Å². The number of aliphatic carboxylic acids is 2. The van der Waals surface area contributed by atoms with Crippen molar-refractivity contribution < 1.29 is 86.5 Å². The van der Waals surface area contributed by atoms with Crippen LogP contribution in [0.4, 0.5) is 0 Å². The predicted octanol–water partition coefficient (Wildman–Crippen LogP) is -8.89. The zero-order chi connectivity index (χ0) is 17.7. The Balaban J connectivity index is -0.000000154. The van der Waals surface area contributed by atoms with Crippen LogP contribution in [0.3, 0.4) is 0 Å². The minimum absolute atomic E-state index is 0. The Morgan fingerprint density at radius 3 is 1.08 bits per heavy atom. The van der Waals surface area contributed by atoms with E-state index in [-0.39, 0.29) is 50.6 Å². The molecular weight excluding hydrogens is 356 g/mol. The van der Waals surface area contributed by atoms with Gasteiger partial charge in [0, 0.05) is 24.8 Å². The third-order valence-corrected chi connectivity index (χ3v) is 4.34. The molecule has 24 heavy (non-hydrogen) atoms. The van der Waals surface area contributed by atoms with E-state index in [4.69, 9.17) is 10.2 Å². The molecule has 0 saturated carbocycles. The van der Waals surface area contributed by atoms with Gasteiger partial charge in [-0.1, -0.05) is 0 Å². The van der Waals surface area contributed by atoms with Crippen molar-refractivity contribution in [1.82, 2.24) is 0 Å². The van der Waals surface area contributed by atoms with Gasteiger partial charge in [0.2, 0.25) is 0 Å². The van der Waals surface area contributed by atoms with E-state index in [1.165, 1.54) is 0 Å². The monoisotopic (exact) mass is 372 g/mol. The molecule has 0 aliphatic carbocycles. The maximum atomic E-state index is 10.6. The standard InChI is InChI=1S/2C5H9O5P.2Li/c2*6-3-11(10)5(9)2-1-4(7)8;;/h2*6,11H,1-3H2,(H,7,8);;/q;;2*+1/p-2. The summed E-state index contributed by atoms with van der Waals surface area (Å²) in [6.45, 7) is 0. The Morgan fingerprint density at radius 2 is 0.917 bits per heavy atom. The molecule has 2 atom stereocenters. The fraction of sp³-hybridized carbons (Fsp3) is 0.600. The van der Waals surface area contributed by atoms with Crippen LogP contribution in [-0.4, -0.2) is 45.9 Å². The van der Waals surface area contributed by atoms with Crippen molar-refractivity contribution >= 4 is 38.6 Å². The number of carbonyl (C=O) groups excluding carboxylic acids is 4. The minimum atomic E-state index is -2.63. The third-order valence-electron chi connectivity index (χ3n) is 2.02. The first-order chi connectivity index (χ1) is 10.1. The number of rotatable bonds is 10. The van der Waals surface area contributed by atoms with Gasteiger partial charge in [0.1, 0.15) is 12.7 Å². The van der Waals surface area contributed by atoms with Crippen LogP contribution in [0.1, 0.15) is 25.7 Å².